The quantitative estimate of drug-likeness (QED) is 0.632. The fourth-order valence-electron chi connectivity index (χ4n) is 2.03. The van der Waals surface area contributed by atoms with Crippen molar-refractivity contribution in [1.82, 2.24) is 0 Å². The first-order valence-corrected chi connectivity index (χ1v) is 8.70. The van der Waals surface area contributed by atoms with Gasteiger partial charge in [0.2, 0.25) is 0 Å². The highest BCUT2D eigenvalue weighted by Gasteiger charge is 2.14. The minimum absolute atomic E-state index is 0.0958. The molecule has 0 aliphatic carbocycles. The predicted octanol–water partition coefficient (Wildman–Crippen LogP) is 4.35. The van der Waals surface area contributed by atoms with Gasteiger partial charge in [-0.1, -0.05) is 51.5 Å². The number of unbranched alkanes of at least 4 members (excludes halogenated alkanes) is 6. The third-order valence-electron chi connectivity index (χ3n) is 3.17. The zero-order valence-electron chi connectivity index (χ0n) is 11.6. The zero-order valence-corrected chi connectivity index (χ0v) is 12.4. The Kier molecular flexibility index (Phi) is 7.06. The first kappa shape index (κ1) is 16.2. The molecule has 0 heterocycles. The lowest BCUT2D eigenvalue weighted by Gasteiger charge is -2.04. The maximum atomic E-state index is 13.0. The van der Waals surface area contributed by atoms with Crippen LogP contribution in [0.15, 0.2) is 29.2 Å². The lowest BCUT2D eigenvalue weighted by molar-refractivity contribution is 0.576. The van der Waals surface area contributed by atoms with E-state index >= 15 is 0 Å². The molecule has 0 radical (unpaired) electrons. The van der Waals surface area contributed by atoms with Crippen LogP contribution in [0.25, 0.3) is 0 Å². The van der Waals surface area contributed by atoms with Gasteiger partial charge in [-0.25, -0.2) is 12.8 Å². The van der Waals surface area contributed by atoms with Gasteiger partial charge < -0.3 is 0 Å². The summed E-state index contributed by atoms with van der Waals surface area (Å²) < 4.78 is 36.9. The van der Waals surface area contributed by atoms with Crippen molar-refractivity contribution in [1.29, 1.82) is 0 Å². The SMILES string of the molecule is CCCCCCCCCS(=O)(=O)c1cccc(F)c1. The molecule has 1 aromatic rings. The number of rotatable bonds is 9. The van der Waals surface area contributed by atoms with E-state index in [1.54, 1.807) is 0 Å². The van der Waals surface area contributed by atoms with E-state index < -0.39 is 15.7 Å². The summed E-state index contributed by atoms with van der Waals surface area (Å²) in [6.07, 6.45) is 7.54. The van der Waals surface area contributed by atoms with Gasteiger partial charge in [-0.15, -0.1) is 0 Å². The van der Waals surface area contributed by atoms with E-state index in [-0.39, 0.29) is 10.6 Å². The number of sulfone groups is 1. The summed E-state index contributed by atoms with van der Waals surface area (Å²) >= 11 is 0. The molecule has 0 saturated heterocycles. The Morgan fingerprint density at radius 3 is 2.26 bits per heavy atom. The van der Waals surface area contributed by atoms with Crippen LogP contribution in [0.4, 0.5) is 4.39 Å². The van der Waals surface area contributed by atoms with E-state index in [1.807, 2.05) is 0 Å². The third kappa shape index (κ3) is 6.19. The van der Waals surface area contributed by atoms with Gasteiger partial charge in [0.05, 0.1) is 10.6 Å². The lowest BCUT2D eigenvalue weighted by Crippen LogP contribution is -2.07. The summed E-state index contributed by atoms with van der Waals surface area (Å²) in [7, 11) is -3.32. The third-order valence-corrected chi connectivity index (χ3v) is 4.97. The molecule has 1 rings (SSSR count). The Balaban J connectivity index is 2.32. The Morgan fingerprint density at radius 2 is 1.63 bits per heavy atom. The van der Waals surface area contributed by atoms with Gasteiger partial charge in [-0.05, 0) is 24.6 Å². The van der Waals surface area contributed by atoms with Gasteiger partial charge in [0, 0.05) is 0 Å². The second kappa shape index (κ2) is 8.31. The van der Waals surface area contributed by atoms with E-state index in [1.165, 1.54) is 43.9 Å². The summed E-state index contributed by atoms with van der Waals surface area (Å²) in [5.41, 5.74) is 0. The van der Waals surface area contributed by atoms with E-state index in [0.717, 1.165) is 18.9 Å². The van der Waals surface area contributed by atoms with Gasteiger partial charge in [-0.2, -0.15) is 0 Å². The molecule has 108 valence electrons. The van der Waals surface area contributed by atoms with Crippen molar-refractivity contribution in [2.24, 2.45) is 0 Å². The first-order valence-electron chi connectivity index (χ1n) is 7.04. The molecule has 4 heteroatoms. The molecule has 0 aliphatic heterocycles. The van der Waals surface area contributed by atoms with Gasteiger partial charge in [0.1, 0.15) is 5.82 Å². The molecule has 0 atom stereocenters. The van der Waals surface area contributed by atoms with Crippen molar-refractivity contribution in [2.45, 2.75) is 56.8 Å². The fourth-order valence-corrected chi connectivity index (χ4v) is 3.43. The normalized spacial score (nSPS) is 11.7. The zero-order chi connectivity index (χ0) is 14.1. The minimum atomic E-state index is -3.32. The Hall–Kier alpha value is -0.900. The van der Waals surface area contributed by atoms with Crippen molar-refractivity contribution < 1.29 is 12.8 Å². The van der Waals surface area contributed by atoms with Crippen molar-refractivity contribution in [2.75, 3.05) is 5.75 Å². The van der Waals surface area contributed by atoms with Crippen LogP contribution in [0, 0.1) is 5.82 Å². The van der Waals surface area contributed by atoms with Crippen LogP contribution in [-0.2, 0) is 9.84 Å². The molecular weight excluding hydrogens is 263 g/mol. The van der Waals surface area contributed by atoms with E-state index in [2.05, 4.69) is 6.92 Å². The maximum absolute atomic E-state index is 13.0. The monoisotopic (exact) mass is 286 g/mol. The topological polar surface area (TPSA) is 34.1 Å². The van der Waals surface area contributed by atoms with Crippen LogP contribution in [-0.4, -0.2) is 14.2 Å². The van der Waals surface area contributed by atoms with Crippen LogP contribution in [0.5, 0.6) is 0 Å². The van der Waals surface area contributed by atoms with Crippen LogP contribution in [0.1, 0.15) is 51.9 Å². The average molecular weight is 286 g/mol. The van der Waals surface area contributed by atoms with E-state index in [0.29, 0.717) is 6.42 Å². The van der Waals surface area contributed by atoms with Gasteiger partial charge in [-0.3, -0.25) is 0 Å². The van der Waals surface area contributed by atoms with Crippen molar-refractivity contribution in [3.05, 3.63) is 30.1 Å². The van der Waals surface area contributed by atoms with E-state index in [9.17, 15) is 12.8 Å². The highest BCUT2D eigenvalue weighted by Crippen LogP contribution is 2.15. The van der Waals surface area contributed by atoms with Gasteiger partial charge in [0.25, 0.3) is 0 Å². The molecule has 2 nitrogen and oxygen atoms in total. The van der Waals surface area contributed by atoms with Crippen LogP contribution in [0.3, 0.4) is 0 Å². The molecule has 19 heavy (non-hydrogen) atoms. The minimum Gasteiger partial charge on any atom is -0.224 e. The molecule has 0 unspecified atom stereocenters. The van der Waals surface area contributed by atoms with Gasteiger partial charge >= 0.3 is 0 Å². The summed E-state index contributed by atoms with van der Waals surface area (Å²) in [5.74, 6) is -0.384. The predicted molar refractivity (Wildman–Crippen MR) is 76.4 cm³/mol. The molecule has 0 bridgehead atoms. The Bertz CT molecular complexity index is 469. The Labute approximate surface area is 116 Å². The molecule has 0 saturated carbocycles. The summed E-state index contributed by atoms with van der Waals surface area (Å²) in [6, 6.07) is 5.25. The molecule has 0 spiro atoms. The number of halogens is 1. The first-order chi connectivity index (χ1) is 9.06. The molecule has 0 amide bonds. The van der Waals surface area contributed by atoms with Crippen LogP contribution in [0.2, 0.25) is 0 Å². The van der Waals surface area contributed by atoms with Crippen molar-refractivity contribution >= 4 is 9.84 Å². The highest BCUT2D eigenvalue weighted by atomic mass is 32.2. The largest absolute Gasteiger partial charge is 0.224 e. The molecule has 1 aromatic carbocycles. The van der Waals surface area contributed by atoms with Crippen molar-refractivity contribution in [3.8, 4) is 0 Å². The number of benzene rings is 1. The molecule has 0 fully saturated rings. The van der Waals surface area contributed by atoms with Gasteiger partial charge in [0.15, 0.2) is 9.84 Å². The van der Waals surface area contributed by atoms with Crippen LogP contribution < -0.4 is 0 Å². The summed E-state index contributed by atoms with van der Waals surface area (Å²) in [4.78, 5) is 0.0958. The maximum Gasteiger partial charge on any atom is 0.178 e. The second-order valence-electron chi connectivity index (χ2n) is 4.90. The Morgan fingerprint density at radius 1 is 1.00 bits per heavy atom. The smallest absolute Gasteiger partial charge is 0.178 e. The molecule has 0 N–H and O–H groups in total. The summed E-state index contributed by atoms with van der Waals surface area (Å²) in [5, 5.41) is 0. The number of hydrogen-bond donors (Lipinski definition) is 0. The van der Waals surface area contributed by atoms with Crippen LogP contribution >= 0.6 is 0 Å². The molecule has 0 aliphatic rings. The average Bonchev–Trinajstić information content (AvgIpc) is 2.38. The summed E-state index contributed by atoms with van der Waals surface area (Å²) in [6.45, 7) is 2.17. The molecule has 0 aromatic heterocycles. The second-order valence-corrected chi connectivity index (χ2v) is 7.01. The highest BCUT2D eigenvalue weighted by molar-refractivity contribution is 7.91. The van der Waals surface area contributed by atoms with Crippen molar-refractivity contribution in [3.63, 3.8) is 0 Å². The number of hydrogen-bond acceptors (Lipinski definition) is 2. The lowest BCUT2D eigenvalue weighted by atomic mass is 10.1. The molecular formula is C15H23FO2S. The standard InChI is InChI=1S/C15H23FO2S/c1-2-3-4-5-6-7-8-12-19(17,18)15-11-9-10-14(16)13-15/h9-11,13H,2-8,12H2,1H3. The van der Waals surface area contributed by atoms with E-state index in [4.69, 9.17) is 0 Å². The fraction of sp³-hybridized carbons (Fsp3) is 0.600.